The van der Waals surface area contributed by atoms with Gasteiger partial charge in [0.1, 0.15) is 0 Å². The van der Waals surface area contributed by atoms with E-state index in [9.17, 15) is 14.4 Å². The van der Waals surface area contributed by atoms with Gasteiger partial charge in [-0.2, -0.15) is 0 Å². The van der Waals surface area contributed by atoms with Crippen molar-refractivity contribution in [3.8, 4) is 0 Å². The number of fused-ring (bicyclic) bond motifs is 1. The predicted octanol–water partition coefficient (Wildman–Crippen LogP) is 1.22. The number of aliphatic carboxylic acids is 1. The molecule has 2 aliphatic rings. The number of carboxylic acid groups (broad SMARTS) is 1. The highest BCUT2D eigenvalue weighted by molar-refractivity contribution is 6.21. The molecule has 0 bridgehead atoms. The van der Waals surface area contributed by atoms with Crippen molar-refractivity contribution >= 4 is 17.8 Å². The Labute approximate surface area is 121 Å². The summed E-state index contributed by atoms with van der Waals surface area (Å²) >= 11 is 0. The number of rotatable bonds is 3. The van der Waals surface area contributed by atoms with Crippen LogP contribution in [0.3, 0.4) is 0 Å². The maximum atomic E-state index is 12.3. The lowest BCUT2D eigenvalue weighted by atomic mass is 10.1. The monoisotopic (exact) mass is 289 g/mol. The van der Waals surface area contributed by atoms with Crippen molar-refractivity contribution in [3.05, 3.63) is 34.9 Å². The third-order valence-electron chi connectivity index (χ3n) is 3.90. The van der Waals surface area contributed by atoms with E-state index in [4.69, 9.17) is 9.84 Å². The summed E-state index contributed by atoms with van der Waals surface area (Å²) in [6.07, 6.45) is -0.312. The number of hydrogen-bond donors (Lipinski definition) is 1. The van der Waals surface area contributed by atoms with Gasteiger partial charge >= 0.3 is 5.97 Å². The van der Waals surface area contributed by atoms with Gasteiger partial charge in [-0.05, 0) is 31.9 Å². The molecule has 1 fully saturated rings. The molecule has 2 unspecified atom stereocenters. The Balaban J connectivity index is 1.75. The van der Waals surface area contributed by atoms with Gasteiger partial charge in [0.15, 0.2) is 6.10 Å². The molecule has 21 heavy (non-hydrogen) atoms. The standard InChI is InChI=1S/C15H15NO5/c1-8-2-4-10-11(6-8)14(18)16(13(10)17)7-9-3-5-12(21-9)15(19)20/h2,4,6,9,12H,3,5,7H2,1H3,(H,19,20). The van der Waals surface area contributed by atoms with E-state index in [2.05, 4.69) is 0 Å². The van der Waals surface area contributed by atoms with Crippen LogP contribution in [0.15, 0.2) is 18.2 Å². The SMILES string of the molecule is Cc1ccc2c(c1)C(=O)N(CC1CCC(C(=O)O)O1)C2=O. The van der Waals surface area contributed by atoms with Crippen LogP contribution in [-0.4, -0.2) is 46.5 Å². The largest absolute Gasteiger partial charge is 0.479 e. The quantitative estimate of drug-likeness (QED) is 0.846. The smallest absolute Gasteiger partial charge is 0.332 e. The molecule has 2 amide bonds. The van der Waals surface area contributed by atoms with E-state index >= 15 is 0 Å². The number of nitrogens with zero attached hydrogens (tertiary/aromatic N) is 1. The summed E-state index contributed by atoms with van der Waals surface area (Å²) in [6.45, 7) is 1.97. The van der Waals surface area contributed by atoms with Crippen LogP contribution in [0.5, 0.6) is 0 Å². The molecule has 0 saturated carbocycles. The van der Waals surface area contributed by atoms with Crippen molar-refractivity contribution in [1.29, 1.82) is 0 Å². The van der Waals surface area contributed by atoms with Gasteiger partial charge in [-0.15, -0.1) is 0 Å². The van der Waals surface area contributed by atoms with Crippen molar-refractivity contribution in [1.82, 2.24) is 4.90 Å². The van der Waals surface area contributed by atoms with Gasteiger partial charge in [0.05, 0.1) is 23.8 Å². The molecule has 2 atom stereocenters. The Morgan fingerprint density at radius 2 is 2.00 bits per heavy atom. The number of imide groups is 1. The van der Waals surface area contributed by atoms with E-state index in [1.165, 1.54) is 0 Å². The highest BCUT2D eigenvalue weighted by Gasteiger charge is 2.39. The minimum atomic E-state index is -1.00. The first-order valence-electron chi connectivity index (χ1n) is 6.82. The average Bonchev–Trinajstić information content (AvgIpc) is 2.99. The number of aryl methyl sites for hydroxylation is 1. The summed E-state index contributed by atoms with van der Waals surface area (Å²) in [5.74, 6) is -1.67. The van der Waals surface area contributed by atoms with Gasteiger partial charge < -0.3 is 9.84 Å². The number of carbonyl (C=O) groups excluding carboxylic acids is 2. The first-order chi connectivity index (χ1) is 9.97. The maximum absolute atomic E-state index is 12.3. The van der Waals surface area contributed by atoms with Crippen molar-refractivity contribution in [2.75, 3.05) is 6.54 Å². The maximum Gasteiger partial charge on any atom is 0.332 e. The van der Waals surface area contributed by atoms with Crippen LogP contribution in [0, 0.1) is 6.92 Å². The first kappa shape index (κ1) is 13.8. The Hall–Kier alpha value is -2.21. The van der Waals surface area contributed by atoms with E-state index in [-0.39, 0.29) is 18.4 Å². The summed E-state index contributed by atoms with van der Waals surface area (Å²) < 4.78 is 5.36. The second-order valence-electron chi connectivity index (χ2n) is 5.43. The lowest BCUT2D eigenvalue weighted by molar-refractivity contribution is -0.149. The summed E-state index contributed by atoms with van der Waals surface area (Å²) in [4.78, 5) is 36.6. The van der Waals surface area contributed by atoms with Crippen molar-refractivity contribution in [2.24, 2.45) is 0 Å². The van der Waals surface area contributed by atoms with Crippen LogP contribution in [0.2, 0.25) is 0 Å². The predicted molar refractivity (Wildman–Crippen MR) is 72.1 cm³/mol. The summed E-state index contributed by atoms with van der Waals surface area (Å²) in [7, 11) is 0. The number of carboxylic acids is 1. The number of carbonyl (C=O) groups is 3. The zero-order chi connectivity index (χ0) is 15.1. The number of ether oxygens (including phenoxy) is 1. The molecule has 1 aromatic carbocycles. The van der Waals surface area contributed by atoms with Gasteiger partial charge in [0, 0.05) is 0 Å². The second-order valence-corrected chi connectivity index (χ2v) is 5.43. The lowest BCUT2D eigenvalue weighted by Gasteiger charge is -2.18. The molecule has 1 saturated heterocycles. The Morgan fingerprint density at radius 1 is 1.29 bits per heavy atom. The Morgan fingerprint density at radius 3 is 2.67 bits per heavy atom. The van der Waals surface area contributed by atoms with Gasteiger partial charge in [-0.25, -0.2) is 4.79 Å². The van der Waals surface area contributed by atoms with Gasteiger partial charge in [-0.1, -0.05) is 11.6 Å². The molecule has 1 aromatic rings. The molecular formula is C15H15NO5. The third-order valence-corrected chi connectivity index (χ3v) is 3.90. The zero-order valence-electron chi connectivity index (χ0n) is 11.5. The molecule has 6 heteroatoms. The normalized spacial score (nSPS) is 24.5. The molecule has 110 valence electrons. The molecule has 0 aromatic heterocycles. The number of amides is 2. The van der Waals surface area contributed by atoms with Crippen LogP contribution in [0.4, 0.5) is 0 Å². The lowest BCUT2D eigenvalue weighted by Crippen LogP contribution is -2.37. The summed E-state index contributed by atoms with van der Waals surface area (Å²) in [6, 6.07) is 5.14. The van der Waals surface area contributed by atoms with E-state index in [1.807, 2.05) is 6.92 Å². The minimum Gasteiger partial charge on any atom is -0.479 e. The van der Waals surface area contributed by atoms with Crippen LogP contribution in [-0.2, 0) is 9.53 Å². The molecule has 0 spiro atoms. The fourth-order valence-electron chi connectivity index (χ4n) is 2.80. The molecule has 2 heterocycles. The highest BCUT2D eigenvalue weighted by Crippen LogP contribution is 2.27. The number of benzene rings is 1. The Kier molecular flexibility index (Phi) is 3.25. The van der Waals surface area contributed by atoms with E-state index in [1.54, 1.807) is 18.2 Å². The number of hydrogen-bond acceptors (Lipinski definition) is 4. The molecule has 0 radical (unpaired) electrons. The van der Waals surface area contributed by atoms with E-state index < -0.39 is 18.2 Å². The van der Waals surface area contributed by atoms with Gasteiger partial charge in [-0.3, -0.25) is 14.5 Å². The first-order valence-corrected chi connectivity index (χ1v) is 6.82. The average molecular weight is 289 g/mol. The van der Waals surface area contributed by atoms with Crippen LogP contribution < -0.4 is 0 Å². The molecule has 0 aliphatic carbocycles. The minimum absolute atomic E-state index is 0.106. The highest BCUT2D eigenvalue weighted by atomic mass is 16.5. The van der Waals surface area contributed by atoms with Crippen LogP contribution >= 0.6 is 0 Å². The van der Waals surface area contributed by atoms with E-state index in [0.717, 1.165) is 10.5 Å². The van der Waals surface area contributed by atoms with Crippen LogP contribution in [0.25, 0.3) is 0 Å². The molecule has 2 aliphatic heterocycles. The molecule has 3 rings (SSSR count). The van der Waals surface area contributed by atoms with Gasteiger partial charge in [0.25, 0.3) is 11.8 Å². The topological polar surface area (TPSA) is 83.9 Å². The van der Waals surface area contributed by atoms with Gasteiger partial charge in [0.2, 0.25) is 0 Å². The molecular weight excluding hydrogens is 274 g/mol. The Bertz CT molecular complexity index is 639. The second kappa shape index (κ2) is 4.96. The third kappa shape index (κ3) is 2.31. The summed E-state index contributed by atoms with van der Waals surface area (Å²) in [5, 5.41) is 8.90. The summed E-state index contributed by atoms with van der Waals surface area (Å²) in [5.41, 5.74) is 1.73. The zero-order valence-corrected chi connectivity index (χ0v) is 11.5. The fraction of sp³-hybridized carbons (Fsp3) is 0.400. The van der Waals surface area contributed by atoms with Crippen molar-refractivity contribution in [2.45, 2.75) is 32.0 Å². The van der Waals surface area contributed by atoms with Crippen molar-refractivity contribution < 1.29 is 24.2 Å². The fourth-order valence-corrected chi connectivity index (χ4v) is 2.80. The van der Waals surface area contributed by atoms with Crippen LogP contribution in [0.1, 0.15) is 39.1 Å². The van der Waals surface area contributed by atoms with E-state index in [0.29, 0.717) is 24.0 Å². The molecule has 6 nitrogen and oxygen atoms in total. The molecule has 1 N–H and O–H groups in total. The van der Waals surface area contributed by atoms with Crippen molar-refractivity contribution in [3.63, 3.8) is 0 Å².